The number of aromatic nitrogens is 1. The lowest BCUT2D eigenvalue weighted by molar-refractivity contribution is 0.104. The lowest BCUT2D eigenvalue weighted by Gasteiger charge is -2.00. The predicted molar refractivity (Wildman–Crippen MR) is 83.2 cm³/mol. The van der Waals surface area contributed by atoms with Crippen LogP contribution in [-0.4, -0.2) is 15.9 Å². The molecule has 0 radical (unpaired) electrons. The zero-order valence-electron chi connectivity index (χ0n) is 11.2. The normalized spacial score (nSPS) is 11.0. The summed E-state index contributed by atoms with van der Waals surface area (Å²) < 4.78 is 0. The Bertz CT molecular complexity index is 837. The molecule has 0 fully saturated rings. The van der Waals surface area contributed by atoms with E-state index < -0.39 is 0 Å². The monoisotopic (exact) mass is 275 g/mol. The lowest BCUT2D eigenvalue weighted by atomic mass is 10.1. The molecule has 0 amide bonds. The van der Waals surface area contributed by atoms with E-state index in [4.69, 9.17) is 0 Å². The number of benzene rings is 2. The van der Waals surface area contributed by atoms with Crippen molar-refractivity contribution in [1.29, 1.82) is 0 Å². The molecular formula is C18H13NO2. The first-order valence-corrected chi connectivity index (χ1v) is 6.60. The van der Waals surface area contributed by atoms with Crippen LogP contribution in [0.2, 0.25) is 0 Å². The number of phenols is 1. The number of carbonyl (C=O) groups is 1. The molecule has 102 valence electrons. The third-order valence-electron chi connectivity index (χ3n) is 3.19. The number of fused-ring (bicyclic) bond motifs is 1. The van der Waals surface area contributed by atoms with Crippen LogP contribution in [0, 0.1) is 0 Å². The lowest BCUT2D eigenvalue weighted by Crippen LogP contribution is -1.94. The van der Waals surface area contributed by atoms with Gasteiger partial charge in [-0.05, 0) is 36.4 Å². The van der Waals surface area contributed by atoms with Gasteiger partial charge in [0.15, 0.2) is 5.78 Å². The highest BCUT2D eigenvalue weighted by Gasteiger charge is 2.06. The average molecular weight is 275 g/mol. The number of hydrogen-bond donors (Lipinski definition) is 1. The minimum absolute atomic E-state index is 0.0152. The molecule has 1 N–H and O–H groups in total. The number of hydrogen-bond acceptors (Lipinski definition) is 3. The zero-order valence-corrected chi connectivity index (χ0v) is 11.2. The van der Waals surface area contributed by atoms with Crippen molar-refractivity contribution in [3.63, 3.8) is 0 Å². The standard InChI is InChI=1S/C18H13NO2/c20-17-8-4-2-6-15(17)18(21)12-11-14-10-9-13-5-1-3-7-16(13)19-14/h1-12,20H/b12-11+. The molecule has 0 saturated heterocycles. The van der Waals surface area contributed by atoms with E-state index in [1.54, 1.807) is 24.3 Å². The highest BCUT2D eigenvalue weighted by atomic mass is 16.3. The van der Waals surface area contributed by atoms with E-state index in [1.807, 2.05) is 36.4 Å². The van der Waals surface area contributed by atoms with E-state index in [2.05, 4.69) is 4.98 Å². The van der Waals surface area contributed by atoms with Crippen LogP contribution in [0.5, 0.6) is 5.75 Å². The van der Waals surface area contributed by atoms with Crippen LogP contribution in [0.1, 0.15) is 16.1 Å². The number of aromatic hydroxyl groups is 1. The number of carbonyl (C=O) groups excluding carboxylic acids is 1. The second kappa shape index (κ2) is 5.59. The molecule has 3 nitrogen and oxygen atoms in total. The van der Waals surface area contributed by atoms with Crippen molar-refractivity contribution >= 4 is 22.8 Å². The summed E-state index contributed by atoms with van der Waals surface area (Å²) >= 11 is 0. The number of pyridine rings is 1. The molecule has 3 rings (SSSR count). The fraction of sp³-hybridized carbons (Fsp3) is 0. The van der Waals surface area contributed by atoms with Gasteiger partial charge in [-0.2, -0.15) is 0 Å². The van der Waals surface area contributed by atoms with E-state index in [-0.39, 0.29) is 17.1 Å². The van der Waals surface area contributed by atoms with E-state index in [0.29, 0.717) is 5.69 Å². The third kappa shape index (κ3) is 2.82. The van der Waals surface area contributed by atoms with Gasteiger partial charge in [0.1, 0.15) is 5.75 Å². The maximum absolute atomic E-state index is 12.0. The van der Waals surface area contributed by atoms with Crippen LogP contribution < -0.4 is 0 Å². The van der Waals surface area contributed by atoms with E-state index in [1.165, 1.54) is 12.1 Å². The Labute approximate surface area is 122 Å². The average Bonchev–Trinajstić information content (AvgIpc) is 2.53. The van der Waals surface area contributed by atoms with Gasteiger partial charge in [-0.25, -0.2) is 4.98 Å². The van der Waals surface area contributed by atoms with Crippen molar-refractivity contribution < 1.29 is 9.90 Å². The molecule has 0 aliphatic rings. The van der Waals surface area contributed by atoms with Crippen LogP contribution in [0.15, 0.2) is 66.7 Å². The van der Waals surface area contributed by atoms with Crippen LogP contribution >= 0.6 is 0 Å². The van der Waals surface area contributed by atoms with Crippen molar-refractivity contribution in [3.8, 4) is 5.75 Å². The molecule has 2 aromatic carbocycles. The molecule has 3 aromatic rings. The second-order valence-electron chi connectivity index (χ2n) is 4.64. The molecule has 0 bridgehead atoms. The summed E-state index contributed by atoms with van der Waals surface area (Å²) in [6, 6.07) is 18.1. The first-order valence-electron chi connectivity index (χ1n) is 6.60. The molecule has 1 heterocycles. The van der Waals surface area contributed by atoms with E-state index in [0.717, 1.165) is 10.9 Å². The molecule has 0 unspecified atom stereocenters. The summed E-state index contributed by atoms with van der Waals surface area (Å²) in [5.74, 6) is -0.262. The van der Waals surface area contributed by atoms with E-state index in [9.17, 15) is 9.90 Å². The van der Waals surface area contributed by atoms with E-state index >= 15 is 0 Å². The molecule has 0 aliphatic heterocycles. The minimum atomic E-state index is -0.247. The molecule has 3 heteroatoms. The van der Waals surface area contributed by atoms with Gasteiger partial charge in [-0.3, -0.25) is 4.79 Å². The molecule has 0 atom stereocenters. The Morgan fingerprint density at radius 1 is 0.952 bits per heavy atom. The molecule has 1 aromatic heterocycles. The Hall–Kier alpha value is -2.94. The Balaban J connectivity index is 1.87. The maximum Gasteiger partial charge on any atom is 0.189 e. The summed E-state index contributed by atoms with van der Waals surface area (Å²) in [6.07, 6.45) is 3.08. The first-order chi connectivity index (χ1) is 10.2. The number of allylic oxidation sites excluding steroid dienone is 1. The second-order valence-corrected chi connectivity index (χ2v) is 4.64. The third-order valence-corrected chi connectivity index (χ3v) is 3.19. The minimum Gasteiger partial charge on any atom is -0.507 e. The summed E-state index contributed by atoms with van der Waals surface area (Å²) in [6.45, 7) is 0. The number of ketones is 1. The maximum atomic E-state index is 12.0. The predicted octanol–water partition coefficient (Wildman–Crippen LogP) is 3.84. The SMILES string of the molecule is O=C(/C=C/c1ccc2ccccc2n1)c1ccccc1O. The summed E-state index contributed by atoms with van der Waals surface area (Å²) in [5.41, 5.74) is 1.88. The topological polar surface area (TPSA) is 50.2 Å². The Morgan fingerprint density at radius 3 is 2.57 bits per heavy atom. The smallest absolute Gasteiger partial charge is 0.189 e. The van der Waals surface area contributed by atoms with Crippen LogP contribution in [0.25, 0.3) is 17.0 Å². The zero-order chi connectivity index (χ0) is 14.7. The van der Waals surface area contributed by atoms with Crippen LogP contribution in [0.4, 0.5) is 0 Å². The van der Waals surface area contributed by atoms with Gasteiger partial charge in [-0.15, -0.1) is 0 Å². The van der Waals surface area contributed by atoms with Gasteiger partial charge in [-0.1, -0.05) is 36.4 Å². The van der Waals surface area contributed by atoms with Crippen LogP contribution in [0.3, 0.4) is 0 Å². The number of nitrogens with zero attached hydrogens (tertiary/aromatic N) is 1. The largest absolute Gasteiger partial charge is 0.507 e. The fourth-order valence-corrected chi connectivity index (χ4v) is 2.11. The molecule has 0 spiro atoms. The van der Waals surface area contributed by atoms with Gasteiger partial charge in [0, 0.05) is 5.39 Å². The van der Waals surface area contributed by atoms with Crippen molar-refractivity contribution in [1.82, 2.24) is 4.98 Å². The highest BCUT2D eigenvalue weighted by molar-refractivity contribution is 6.08. The summed E-state index contributed by atoms with van der Waals surface area (Å²) in [7, 11) is 0. The van der Waals surface area contributed by atoms with Crippen molar-refractivity contribution in [2.24, 2.45) is 0 Å². The molecule has 0 aliphatic carbocycles. The molecule has 0 saturated carbocycles. The number of phenolic OH excluding ortho intramolecular Hbond substituents is 1. The first kappa shape index (κ1) is 13.1. The van der Waals surface area contributed by atoms with Crippen molar-refractivity contribution in [2.75, 3.05) is 0 Å². The highest BCUT2D eigenvalue weighted by Crippen LogP contribution is 2.17. The fourth-order valence-electron chi connectivity index (χ4n) is 2.11. The van der Waals surface area contributed by atoms with Gasteiger partial charge < -0.3 is 5.11 Å². The number of rotatable bonds is 3. The van der Waals surface area contributed by atoms with Gasteiger partial charge in [0.25, 0.3) is 0 Å². The Kier molecular flexibility index (Phi) is 3.48. The van der Waals surface area contributed by atoms with Crippen molar-refractivity contribution in [3.05, 3.63) is 78.0 Å². The van der Waals surface area contributed by atoms with Gasteiger partial charge >= 0.3 is 0 Å². The van der Waals surface area contributed by atoms with Gasteiger partial charge in [0.2, 0.25) is 0 Å². The Morgan fingerprint density at radius 2 is 1.71 bits per heavy atom. The van der Waals surface area contributed by atoms with Crippen LogP contribution in [-0.2, 0) is 0 Å². The number of para-hydroxylation sites is 2. The quantitative estimate of drug-likeness (QED) is 0.583. The van der Waals surface area contributed by atoms with Gasteiger partial charge in [0.05, 0.1) is 16.8 Å². The summed E-state index contributed by atoms with van der Waals surface area (Å²) in [5, 5.41) is 10.7. The summed E-state index contributed by atoms with van der Waals surface area (Å²) in [4.78, 5) is 16.5. The molecule has 21 heavy (non-hydrogen) atoms. The molecular weight excluding hydrogens is 262 g/mol. The van der Waals surface area contributed by atoms with Crippen molar-refractivity contribution in [2.45, 2.75) is 0 Å².